The SMILES string of the molecule is CC(C)(C)OC(=O)N1CCN(C(=O)c2cc3cc(-c4ccccc4O)nnc3[nH]2)CC1. The summed E-state index contributed by atoms with van der Waals surface area (Å²) in [6.45, 7) is 7.15. The molecule has 0 saturated carbocycles. The monoisotopic (exact) mass is 423 g/mol. The Hall–Kier alpha value is -3.62. The summed E-state index contributed by atoms with van der Waals surface area (Å²) in [5.74, 6) is -0.0446. The van der Waals surface area contributed by atoms with Crippen molar-refractivity contribution in [3.05, 3.63) is 42.1 Å². The van der Waals surface area contributed by atoms with Crippen LogP contribution < -0.4 is 0 Å². The molecule has 4 rings (SSSR count). The maximum atomic E-state index is 13.0. The number of hydrogen-bond acceptors (Lipinski definition) is 6. The van der Waals surface area contributed by atoms with Crippen LogP contribution in [0.3, 0.4) is 0 Å². The number of amides is 2. The zero-order valence-electron chi connectivity index (χ0n) is 17.8. The van der Waals surface area contributed by atoms with Crippen molar-refractivity contribution in [3.8, 4) is 17.0 Å². The number of aromatic amines is 1. The molecule has 0 radical (unpaired) electrons. The van der Waals surface area contributed by atoms with Crippen LogP contribution in [0.5, 0.6) is 5.75 Å². The first-order chi connectivity index (χ1) is 14.7. The standard InChI is InChI=1S/C22H25N5O4/c1-22(2,3)31-21(30)27-10-8-26(9-11-27)20(29)17-13-14-12-16(24-25-19(14)23-17)15-6-4-5-7-18(15)28/h4-7,12-13,28H,8-11H2,1-3H3,(H,23,25). The molecule has 1 fully saturated rings. The van der Waals surface area contributed by atoms with E-state index >= 15 is 0 Å². The summed E-state index contributed by atoms with van der Waals surface area (Å²) in [5, 5.41) is 19.1. The number of aromatic hydroxyl groups is 1. The molecule has 9 nitrogen and oxygen atoms in total. The van der Waals surface area contributed by atoms with Gasteiger partial charge in [-0.15, -0.1) is 10.2 Å². The van der Waals surface area contributed by atoms with Crippen molar-refractivity contribution in [2.75, 3.05) is 26.2 Å². The molecule has 0 atom stereocenters. The van der Waals surface area contributed by atoms with Gasteiger partial charge < -0.3 is 24.6 Å². The fraction of sp³-hybridized carbons (Fsp3) is 0.364. The number of H-pyrrole nitrogens is 1. The van der Waals surface area contributed by atoms with E-state index in [9.17, 15) is 14.7 Å². The first-order valence-corrected chi connectivity index (χ1v) is 10.1. The number of para-hydroxylation sites is 1. The number of carbonyl (C=O) groups is 2. The summed E-state index contributed by atoms with van der Waals surface area (Å²) in [6.07, 6.45) is -0.364. The second-order valence-corrected chi connectivity index (χ2v) is 8.49. The first kappa shape index (κ1) is 20.6. The van der Waals surface area contributed by atoms with Crippen LogP contribution >= 0.6 is 0 Å². The smallest absolute Gasteiger partial charge is 0.410 e. The van der Waals surface area contributed by atoms with Crippen LogP contribution in [-0.4, -0.2) is 73.9 Å². The highest BCUT2D eigenvalue weighted by atomic mass is 16.6. The van der Waals surface area contributed by atoms with E-state index < -0.39 is 5.60 Å². The van der Waals surface area contributed by atoms with Crippen LogP contribution in [0, 0.1) is 0 Å². The number of piperazine rings is 1. The summed E-state index contributed by atoms with van der Waals surface area (Å²) >= 11 is 0. The van der Waals surface area contributed by atoms with Crippen molar-refractivity contribution in [1.82, 2.24) is 25.0 Å². The van der Waals surface area contributed by atoms with E-state index in [0.29, 0.717) is 48.8 Å². The van der Waals surface area contributed by atoms with Gasteiger partial charge in [-0.1, -0.05) is 12.1 Å². The van der Waals surface area contributed by atoms with Gasteiger partial charge in [0.25, 0.3) is 5.91 Å². The number of phenols is 1. The second-order valence-electron chi connectivity index (χ2n) is 8.49. The topological polar surface area (TPSA) is 112 Å². The maximum Gasteiger partial charge on any atom is 0.410 e. The van der Waals surface area contributed by atoms with Crippen molar-refractivity contribution in [2.24, 2.45) is 0 Å². The number of aromatic nitrogens is 3. The molecule has 31 heavy (non-hydrogen) atoms. The average Bonchev–Trinajstić information content (AvgIpc) is 3.16. The summed E-state index contributed by atoms with van der Waals surface area (Å²) in [6, 6.07) is 10.4. The van der Waals surface area contributed by atoms with Gasteiger partial charge in [0, 0.05) is 37.1 Å². The van der Waals surface area contributed by atoms with E-state index in [4.69, 9.17) is 4.74 Å². The van der Waals surface area contributed by atoms with Crippen LogP contribution in [0.15, 0.2) is 36.4 Å². The lowest BCUT2D eigenvalue weighted by Gasteiger charge is -2.35. The number of benzene rings is 1. The Morgan fingerprint density at radius 3 is 2.39 bits per heavy atom. The molecule has 1 saturated heterocycles. The fourth-order valence-corrected chi connectivity index (χ4v) is 3.46. The van der Waals surface area contributed by atoms with Gasteiger partial charge in [0.1, 0.15) is 17.0 Å². The Balaban J connectivity index is 1.46. The molecular weight excluding hydrogens is 398 g/mol. The molecule has 9 heteroatoms. The van der Waals surface area contributed by atoms with Crippen LogP contribution in [0.2, 0.25) is 0 Å². The number of fused-ring (bicyclic) bond motifs is 1. The highest BCUT2D eigenvalue weighted by Crippen LogP contribution is 2.28. The van der Waals surface area contributed by atoms with Crippen LogP contribution in [0.1, 0.15) is 31.3 Å². The number of nitrogens with zero attached hydrogens (tertiary/aromatic N) is 4. The molecule has 0 spiro atoms. The van der Waals surface area contributed by atoms with Gasteiger partial charge in [-0.25, -0.2) is 4.79 Å². The average molecular weight is 423 g/mol. The van der Waals surface area contributed by atoms with Crippen molar-refractivity contribution >= 4 is 23.0 Å². The Kier molecular flexibility index (Phi) is 5.26. The number of nitrogens with one attached hydrogen (secondary N) is 1. The van der Waals surface area contributed by atoms with Crippen molar-refractivity contribution < 1.29 is 19.4 Å². The zero-order chi connectivity index (χ0) is 22.2. The summed E-state index contributed by atoms with van der Waals surface area (Å²) < 4.78 is 5.40. The van der Waals surface area contributed by atoms with E-state index in [1.165, 1.54) is 0 Å². The molecule has 2 N–H and O–H groups in total. The molecule has 2 aromatic heterocycles. The number of carbonyl (C=O) groups excluding carboxylic acids is 2. The Morgan fingerprint density at radius 2 is 1.71 bits per heavy atom. The van der Waals surface area contributed by atoms with Gasteiger partial charge in [-0.2, -0.15) is 0 Å². The molecule has 0 aliphatic carbocycles. The Morgan fingerprint density at radius 1 is 1.03 bits per heavy atom. The van der Waals surface area contributed by atoms with Gasteiger partial charge in [0.15, 0.2) is 5.65 Å². The zero-order valence-corrected chi connectivity index (χ0v) is 17.8. The van der Waals surface area contributed by atoms with Gasteiger partial charge in [0.05, 0.1) is 5.69 Å². The summed E-state index contributed by atoms with van der Waals surface area (Å²) in [7, 11) is 0. The van der Waals surface area contributed by atoms with E-state index in [2.05, 4.69) is 15.2 Å². The van der Waals surface area contributed by atoms with E-state index in [0.717, 1.165) is 5.39 Å². The molecule has 1 aromatic carbocycles. The van der Waals surface area contributed by atoms with Crippen LogP contribution in [0.25, 0.3) is 22.3 Å². The lowest BCUT2D eigenvalue weighted by molar-refractivity contribution is 0.0140. The molecule has 3 aromatic rings. The summed E-state index contributed by atoms with van der Waals surface area (Å²) in [4.78, 5) is 31.5. The number of phenolic OH excluding ortho intramolecular Hbond substituents is 1. The molecule has 3 heterocycles. The minimum atomic E-state index is -0.551. The van der Waals surface area contributed by atoms with Crippen molar-refractivity contribution in [3.63, 3.8) is 0 Å². The lowest BCUT2D eigenvalue weighted by Crippen LogP contribution is -2.51. The van der Waals surface area contributed by atoms with Crippen molar-refractivity contribution in [1.29, 1.82) is 0 Å². The molecule has 1 aliphatic heterocycles. The molecule has 162 valence electrons. The molecular formula is C22H25N5O4. The predicted molar refractivity (Wildman–Crippen MR) is 115 cm³/mol. The van der Waals surface area contributed by atoms with E-state index in [-0.39, 0.29) is 17.7 Å². The lowest BCUT2D eigenvalue weighted by atomic mass is 10.1. The molecule has 1 aliphatic rings. The third-order valence-corrected chi connectivity index (χ3v) is 5.01. The number of hydrogen-bond donors (Lipinski definition) is 2. The molecule has 0 unspecified atom stereocenters. The Bertz CT molecular complexity index is 1130. The second kappa shape index (κ2) is 7.90. The van der Waals surface area contributed by atoms with Gasteiger partial charge >= 0.3 is 6.09 Å². The predicted octanol–water partition coefficient (Wildman–Crippen LogP) is 3.02. The third kappa shape index (κ3) is 4.45. The minimum absolute atomic E-state index is 0.117. The van der Waals surface area contributed by atoms with Gasteiger partial charge in [0.2, 0.25) is 0 Å². The maximum absolute atomic E-state index is 13.0. The quantitative estimate of drug-likeness (QED) is 0.655. The fourth-order valence-electron chi connectivity index (χ4n) is 3.46. The minimum Gasteiger partial charge on any atom is -0.507 e. The molecule has 2 amide bonds. The largest absolute Gasteiger partial charge is 0.507 e. The number of rotatable bonds is 2. The number of ether oxygens (including phenoxy) is 1. The van der Waals surface area contributed by atoms with Gasteiger partial charge in [-0.3, -0.25) is 4.79 Å². The summed E-state index contributed by atoms with van der Waals surface area (Å²) in [5.41, 5.74) is 1.45. The Labute approximate surface area is 179 Å². The first-order valence-electron chi connectivity index (χ1n) is 10.1. The molecule has 0 bridgehead atoms. The van der Waals surface area contributed by atoms with Crippen LogP contribution in [0.4, 0.5) is 4.79 Å². The highest BCUT2D eigenvalue weighted by molar-refractivity contribution is 5.97. The highest BCUT2D eigenvalue weighted by Gasteiger charge is 2.28. The van der Waals surface area contributed by atoms with Crippen LogP contribution in [-0.2, 0) is 4.74 Å². The van der Waals surface area contributed by atoms with E-state index in [1.54, 1.807) is 40.1 Å². The van der Waals surface area contributed by atoms with E-state index in [1.807, 2.05) is 26.8 Å². The third-order valence-electron chi connectivity index (χ3n) is 5.01. The van der Waals surface area contributed by atoms with Gasteiger partial charge in [-0.05, 0) is 45.0 Å². The van der Waals surface area contributed by atoms with Crippen molar-refractivity contribution in [2.45, 2.75) is 26.4 Å². The normalized spacial score (nSPS) is 14.7.